The molecule has 0 aliphatic carbocycles. The summed E-state index contributed by atoms with van der Waals surface area (Å²) in [6.07, 6.45) is 2.93. The van der Waals surface area contributed by atoms with E-state index in [0.717, 1.165) is 16.5 Å². The molecule has 0 aliphatic heterocycles. The molecule has 19 heavy (non-hydrogen) atoms. The van der Waals surface area contributed by atoms with E-state index in [1.165, 1.54) is 12.5 Å². The fraction of sp³-hybridized carbons (Fsp3) is 0.250. The van der Waals surface area contributed by atoms with Crippen molar-refractivity contribution in [3.8, 4) is 0 Å². The van der Waals surface area contributed by atoms with Gasteiger partial charge in [-0.05, 0) is 11.1 Å². The van der Waals surface area contributed by atoms with Crippen LogP contribution in [-0.2, 0) is 28.9 Å². The lowest BCUT2D eigenvalue weighted by Crippen LogP contribution is -2.23. The topological polar surface area (TPSA) is 64.0 Å². The van der Waals surface area contributed by atoms with Gasteiger partial charge in [0.2, 0.25) is 0 Å². The van der Waals surface area contributed by atoms with Crippen molar-refractivity contribution in [3.05, 3.63) is 47.9 Å². The SMILES string of the molecule is Cn1cnc(S(=O)(=O)NCc2cccc(CBr)c2)c1. The van der Waals surface area contributed by atoms with Gasteiger partial charge in [0.05, 0.1) is 6.33 Å². The molecule has 0 unspecified atom stereocenters. The van der Waals surface area contributed by atoms with E-state index in [2.05, 4.69) is 25.6 Å². The monoisotopic (exact) mass is 343 g/mol. The Hall–Kier alpha value is -1.18. The Kier molecular flexibility index (Phi) is 4.38. The highest BCUT2D eigenvalue weighted by atomic mass is 79.9. The maximum absolute atomic E-state index is 12.0. The first-order valence-corrected chi connectivity index (χ1v) is 8.23. The Bertz CT molecular complexity index is 667. The summed E-state index contributed by atoms with van der Waals surface area (Å²) in [7, 11) is -1.82. The molecular formula is C12H14BrN3O2S. The lowest BCUT2D eigenvalue weighted by atomic mass is 10.1. The molecule has 1 aromatic heterocycles. The number of halogens is 1. The van der Waals surface area contributed by atoms with Crippen LogP contribution in [0.5, 0.6) is 0 Å². The van der Waals surface area contributed by atoms with Crippen molar-refractivity contribution in [2.45, 2.75) is 16.9 Å². The molecule has 0 saturated heterocycles. The number of sulfonamides is 1. The highest BCUT2D eigenvalue weighted by Crippen LogP contribution is 2.10. The Morgan fingerprint density at radius 2 is 2.11 bits per heavy atom. The molecule has 0 atom stereocenters. The van der Waals surface area contributed by atoms with Crippen LogP contribution in [0.25, 0.3) is 0 Å². The van der Waals surface area contributed by atoms with E-state index in [4.69, 9.17) is 0 Å². The van der Waals surface area contributed by atoms with Gasteiger partial charge in [0.1, 0.15) is 0 Å². The molecule has 2 aromatic rings. The van der Waals surface area contributed by atoms with Crippen molar-refractivity contribution in [2.24, 2.45) is 7.05 Å². The van der Waals surface area contributed by atoms with Gasteiger partial charge in [0.15, 0.2) is 5.03 Å². The minimum absolute atomic E-state index is 0.0339. The van der Waals surface area contributed by atoms with Crippen LogP contribution in [0.3, 0.4) is 0 Å². The van der Waals surface area contributed by atoms with Crippen molar-refractivity contribution < 1.29 is 8.42 Å². The van der Waals surface area contributed by atoms with Gasteiger partial charge >= 0.3 is 0 Å². The maximum atomic E-state index is 12.0. The number of nitrogens with zero attached hydrogens (tertiary/aromatic N) is 2. The maximum Gasteiger partial charge on any atom is 0.259 e. The van der Waals surface area contributed by atoms with E-state index in [1.54, 1.807) is 11.6 Å². The molecule has 0 saturated carbocycles. The molecular weight excluding hydrogens is 330 g/mol. The second kappa shape index (κ2) is 5.85. The summed E-state index contributed by atoms with van der Waals surface area (Å²) in [5.41, 5.74) is 2.02. The van der Waals surface area contributed by atoms with Crippen molar-refractivity contribution in [1.82, 2.24) is 14.3 Å². The van der Waals surface area contributed by atoms with E-state index in [0.29, 0.717) is 0 Å². The molecule has 0 amide bonds. The number of alkyl halides is 1. The van der Waals surface area contributed by atoms with Gasteiger partial charge in [-0.25, -0.2) is 18.1 Å². The van der Waals surface area contributed by atoms with Gasteiger partial charge < -0.3 is 4.57 Å². The highest BCUT2D eigenvalue weighted by Gasteiger charge is 2.16. The number of nitrogens with one attached hydrogen (secondary N) is 1. The number of imidazole rings is 1. The number of hydrogen-bond acceptors (Lipinski definition) is 3. The zero-order valence-corrected chi connectivity index (χ0v) is 12.8. The molecule has 0 spiro atoms. The normalized spacial score (nSPS) is 11.7. The van der Waals surface area contributed by atoms with Crippen LogP contribution in [-0.4, -0.2) is 18.0 Å². The Labute approximate surface area is 120 Å². The summed E-state index contributed by atoms with van der Waals surface area (Å²) < 4.78 is 28.1. The first kappa shape index (κ1) is 14.2. The van der Waals surface area contributed by atoms with Gasteiger partial charge in [0.25, 0.3) is 10.0 Å². The van der Waals surface area contributed by atoms with Crippen LogP contribution >= 0.6 is 15.9 Å². The summed E-state index contributed by atoms with van der Waals surface area (Å²) in [5.74, 6) is 0. The van der Waals surface area contributed by atoms with Gasteiger partial charge in [-0.2, -0.15) is 0 Å². The second-order valence-electron chi connectivity index (χ2n) is 4.16. The van der Waals surface area contributed by atoms with E-state index < -0.39 is 10.0 Å². The quantitative estimate of drug-likeness (QED) is 0.842. The Morgan fingerprint density at radius 3 is 2.74 bits per heavy atom. The van der Waals surface area contributed by atoms with E-state index in [-0.39, 0.29) is 11.6 Å². The summed E-state index contributed by atoms with van der Waals surface area (Å²) in [6.45, 7) is 0.250. The predicted molar refractivity (Wildman–Crippen MR) is 76.3 cm³/mol. The third kappa shape index (κ3) is 3.65. The van der Waals surface area contributed by atoms with Crippen molar-refractivity contribution in [2.75, 3.05) is 0 Å². The van der Waals surface area contributed by atoms with Crippen molar-refractivity contribution in [1.29, 1.82) is 0 Å². The zero-order valence-electron chi connectivity index (χ0n) is 10.4. The average Bonchev–Trinajstić information content (AvgIpc) is 2.84. The van der Waals surface area contributed by atoms with Crippen LogP contribution in [0.4, 0.5) is 0 Å². The summed E-state index contributed by atoms with van der Waals surface area (Å²) >= 11 is 3.37. The third-order valence-corrected chi connectivity index (χ3v) is 4.50. The molecule has 1 N–H and O–H groups in total. The minimum Gasteiger partial charge on any atom is -0.339 e. The van der Waals surface area contributed by atoms with Gasteiger partial charge in [0, 0.05) is 25.1 Å². The zero-order chi connectivity index (χ0) is 13.9. The van der Waals surface area contributed by atoms with E-state index in [1.807, 2.05) is 24.3 Å². The molecule has 5 nitrogen and oxygen atoms in total. The fourth-order valence-corrected chi connectivity index (χ4v) is 2.95. The highest BCUT2D eigenvalue weighted by molar-refractivity contribution is 9.08. The number of rotatable bonds is 5. The third-order valence-electron chi connectivity index (χ3n) is 2.57. The number of aromatic nitrogens is 2. The fourth-order valence-electron chi connectivity index (χ4n) is 1.60. The van der Waals surface area contributed by atoms with E-state index in [9.17, 15) is 8.42 Å². The van der Waals surface area contributed by atoms with E-state index >= 15 is 0 Å². The molecule has 0 bridgehead atoms. The number of aryl methyl sites for hydroxylation is 1. The first-order valence-electron chi connectivity index (χ1n) is 5.62. The second-order valence-corrected chi connectivity index (χ2v) is 6.43. The first-order chi connectivity index (χ1) is 9.01. The largest absolute Gasteiger partial charge is 0.339 e. The number of benzene rings is 1. The summed E-state index contributed by atoms with van der Waals surface area (Å²) in [6, 6.07) is 7.72. The van der Waals surface area contributed by atoms with Crippen molar-refractivity contribution in [3.63, 3.8) is 0 Å². The lowest BCUT2D eigenvalue weighted by molar-refractivity contribution is 0.578. The van der Waals surface area contributed by atoms with Crippen LogP contribution in [0.15, 0.2) is 41.8 Å². The predicted octanol–water partition coefficient (Wildman–Crippen LogP) is 1.79. The molecule has 0 aliphatic rings. The van der Waals surface area contributed by atoms with Crippen LogP contribution < -0.4 is 4.72 Å². The van der Waals surface area contributed by atoms with Crippen LogP contribution in [0.2, 0.25) is 0 Å². The number of hydrogen-bond donors (Lipinski definition) is 1. The smallest absolute Gasteiger partial charge is 0.259 e. The lowest BCUT2D eigenvalue weighted by Gasteiger charge is -2.05. The van der Waals surface area contributed by atoms with Crippen LogP contribution in [0.1, 0.15) is 11.1 Å². The molecule has 2 rings (SSSR count). The molecule has 0 radical (unpaired) electrons. The molecule has 7 heteroatoms. The standard InChI is InChI=1S/C12H14BrN3O2S/c1-16-8-12(14-9-16)19(17,18)15-7-11-4-2-3-10(5-11)6-13/h2-5,8-9,15H,6-7H2,1H3. The molecule has 0 fully saturated rings. The molecule has 102 valence electrons. The molecule has 1 heterocycles. The summed E-state index contributed by atoms with van der Waals surface area (Å²) in [4.78, 5) is 3.84. The van der Waals surface area contributed by atoms with Crippen molar-refractivity contribution >= 4 is 26.0 Å². The van der Waals surface area contributed by atoms with Gasteiger partial charge in [-0.15, -0.1) is 0 Å². The Morgan fingerprint density at radius 1 is 1.37 bits per heavy atom. The molecule has 1 aromatic carbocycles. The van der Waals surface area contributed by atoms with Gasteiger partial charge in [-0.1, -0.05) is 40.2 Å². The van der Waals surface area contributed by atoms with Crippen LogP contribution in [0, 0.1) is 0 Å². The minimum atomic E-state index is -3.55. The van der Waals surface area contributed by atoms with Gasteiger partial charge in [-0.3, -0.25) is 0 Å². The summed E-state index contributed by atoms with van der Waals surface area (Å²) in [5, 5.41) is 0.778. The average molecular weight is 344 g/mol. The Balaban J connectivity index is 2.09.